The van der Waals surface area contributed by atoms with Gasteiger partial charge in [-0.15, -0.1) is 0 Å². The highest BCUT2D eigenvalue weighted by atomic mass is 32.2. The summed E-state index contributed by atoms with van der Waals surface area (Å²) in [6.07, 6.45) is 0. The molecule has 10 heteroatoms. The first-order valence-electron chi connectivity index (χ1n) is 11.9. The van der Waals surface area contributed by atoms with Crippen LogP contribution in [0.4, 0.5) is 5.69 Å². The van der Waals surface area contributed by atoms with E-state index >= 15 is 0 Å². The van der Waals surface area contributed by atoms with Crippen LogP contribution in [0.1, 0.15) is 29.7 Å². The van der Waals surface area contributed by atoms with Crippen molar-refractivity contribution in [1.29, 1.82) is 0 Å². The Kier molecular flexibility index (Phi) is 9.11. The maximum absolute atomic E-state index is 13.9. The van der Waals surface area contributed by atoms with Crippen LogP contribution in [0.2, 0.25) is 0 Å². The van der Waals surface area contributed by atoms with Crippen molar-refractivity contribution in [2.45, 2.75) is 31.7 Å². The van der Waals surface area contributed by atoms with E-state index in [1.54, 1.807) is 44.4 Å². The quantitative estimate of drug-likeness (QED) is 0.383. The summed E-state index contributed by atoms with van der Waals surface area (Å²) in [4.78, 5) is 13.3. The summed E-state index contributed by atoms with van der Waals surface area (Å²) in [5, 5.41) is 2.89. The van der Waals surface area contributed by atoms with E-state index in [0.717, 1.165) is 15.4 Å². The first-order valence-corrected chi connectivity index (χ1v) is 13.3. The number of ether oxygens (including phenoxy) is 4. The fraction of sp³-hybridized carbons (Fsp3) is 0.321. The molecule has 0 radical (unpaired) electrons. The van der Waals surface area contributed by atoms with Crippen molar-refractivity contribution < 1.29 is 32.2 Å². The van der Waals surface area contributed by atoms with E-state index in [0.29, 0.717) is 28.5 Å². The van der Waals surface area contributed by atoms with Crippen LogP contribution in [-0.2, 0) is 14.8 Å². The van der Waals surface area contributed by atoms with Gasteiger partial charge in [-0.2, -0.15) is 0 Å². The van der Waals surface area contributed by atoms with E-state index in [2.05, 4.69) is 5.32 Å². The summed E-state index contributed by atoms with van der Waals surface area (Å²) in [6.45, 7) is 5.08. The molecule has 0 aliphatic heterocycles. The second-order valence-corrected chi connectivity index (χ2v) is 10.6. The zero-order chi connectivity index (χ0) is 28.0. The van der Waals surface area contributed by atoms with Crippen LogP contribution in [-0.4, -0.2) is 49.3 Å². The van der Waals surface area contributed by atoms with E-state index < -0.39 is 28.5 Å². The zero-order valence-corrected chi connectivity index (χ0v) is 23.5. The van der Waals surface area contributed by atoms with Gasteiger partial charge in [0.2, 0.25) is 5.91 Å². The molecule has 0 heterocycles. The Morgan fingerprint density at radius 1 is 0.816 bits per heavy atom. The molecule has 0 aromatic heterocycles. The topological polar surface area (TPSA) is 103 Å². The summed E-state index contributed by atoms with van der Waals surface area (Å²) in [7, 11) is 1.82. The number of nitrogens with one attached hydrogen (secondary N) is 1. The van der Waals surface area contributed by atoms with Gasteiger partial charge in [-0.3, -0.25) is 9.10 Å². The van der Waals surface area contributed by atoms with Crippen LogP contribution in [0.15, 0.2) is 59.5 Å². The Morgan fingerprint density at radius 2 is 1.42 bits per heavy atom. The molecule has 9 nitrogen and oxygen atoms in total. The largest absolute Gasteiger partial charge is 0.497 e. The standard InChI is InChI=1S/C28H34N2O7S/c1-18-12-19(2)14-21(13-18)30(38(32,33)23-9-11-26(36-6)27(16-23)37-7)17-28(31)29-20(3)24-15-22(34-4)8-10-25(24)35-5/h8-16,20H,17H2,1-7H3,(H,29,31)/t20-/m1/s1. The van der Waals surface area contributed by atoms with Crippen molar-refractivity contribution in [2.24, 2.45) is 0 Å². The summed E-state index contributed by atoms with van der Waals surface area (Å²) < 4.78 is 50.2. The summed E-state index contributed by atoms with van der Waals surface area (Å²) in [5.41, 5.74) is 2.80. The smallest absolute Gasteiger partial charge is 0.264 e. The third-order valence-electron chi connectivity index (χ3n) is 6.01. The van der Waals surface area contributed by atoms with Crippen LogP contribution in [0.25, 0.3) is 0 Å². The highest BCUT2D eigenvalue weighted by molar-refractivity contribution is 7.92. The molecule has 1 atom stereocenters. The van der Waals surface area contributed by atoms with E-state index in [4.69, 9.17) is 18.9 Å². The Labute approximate surface area is 224 Å². The molecule has 3 aromatic carbocycles. The van der Waals surface area contributed by atoms with E-state index in [1.807, 2.05) is 19.9 Å². The van der Waals surface area contributed by atoms with Gasteiger partial charge in [0, 0.05) is 11.6 Å². The molecular weight excluding hydrogens is 508 g/mol. The molecule has 0 unspecified atom stereocenters. The Morgan fingerprint density at radius 3 is 2.00 bits per heavy atom. The minimum absolute atomic E-state index is 0.0374. The average Bonchev–Trinajstić information content (AvgIpc) is 2.90. The second kappa shape index (κ2) is 12.1. The fourth-order valence-corrected chi connectivity index (χ4v) is 5.61. The molecule has 0 bridgehead atoms. The van der Waals surface area contributed by atoms with Crippen LogP contribution >= 0.6 is 0 Å². The van der Waals surface area contributed by atoms with Gasteiger partial charge in [-0.1, -0.05) is 6.07 Å². The van der Waals surface area contributed by atoms with Gasteiger partial charge in [0.25, 0.3) is 10.0 Å². The van der Waals surface area contributed by atoms with Crippen LogP contribution in [0, 0.1) is 13.8 Å². The van der Waals surface area contributed by atoms with Gasteiger partial charge < -0.3 is 24.3 Å². The number of hydrogen-bond acceptors (Lipinski definition) is 7. The molecule has 0 spiro atoms. The number of benzene rings is 3. The molecule has 3 aromatic rings. The number of carbonyl (C=O) groups excluding carboxylic acids is 1. The molecule has 204 valence electrons. The van der Waals surface area contributed by atoms with Gasteiger partial charge >= 0.3 is 0 Å². The fourth-order valence-electron chi connectivity index (χ4n) is 4.19. The molecule has 1 N–H and O–H groups in total. The number of nitrogens with zero attached hydrogens (tertiary/aromatic N) is 1. The number of aryl methyl sites for hydroxylation is 2. The van der Waals surface area contributed by atoms with Crippen molar-refractivity contribution in [3.05, 3.63) is 71.3 Å². The van der Waals surface area contributed by atoms with Crippen LogP contribution < -0.4 is 28.6 Å². The Bertz CT molecular complexity index is 1390. The van der Waals surface area contributed by atoms with Crippen molar-refractivity contribution in [1.82, 2.24) is 5.32 Å². The number of carbonyl (C=O) groups is 1. The maximum atomic E-state index is 13.9. The van der Waals surface area contributed by atoms with E-state index in [9.17, 15) is 13.2 Å². The minimum Gasteiger partial charge on any atom is -0.497 e. The molecule has 0 saturated heterocycles. The Hall–Kier alpha value is -3.92. The summed E-state index contributed by atoms with van der Waals surface area (Å²) >= 11 is 0. The predicted octanol–water partition coefficient (Wildman–Crippen LogP) is 4.41. The summed E-state index contributed by atoms with van der Waals surface area (Å²) in [6, 6.07) is 14.5. The zero-order valence-electron chi connectivity index (χ0n) is 22.7. The first-order chi connectivity index (χ1) is 18.0. The van der Waals surface area contributed by atoms with Crippen molar-refractivity contribution in [2.75, 3.05) is 39.3 Å². The molecule has 38 heavy (non-hydrogen) atoms. The number of amides is 1. The van der Waals surface area contributed by atoms with Crippen molar-refractivity contribution in [3.8, 4) is 23.0 Å². The van der Waals surface area contributed by atoms with Gasteiger partial charge in [0.15, 0.2) is 11.5 Å². The molecule has 0 aliphatic carbocycles. The second-order valence-electron chi connectivity index (χ2n) is 8.77. The normalized spacial score (nSPS) is 11.9. The number of hydrogen-bond donors (Lipinski definition) is 1. The summed E-state index contributed by atoms with van der Waals surface area (Å²) in [5.74, 6) is 1.34. The SMILES string of the molecule is COc1ccc(OC)c([C@@H](C)NC(=O)CN(c2cc(C)cc(C)c2)S(=O)(=O)c2ccc(OC)c(OC)c2)c1. The van der Waals surface area contributed by atoms with Gasteiger partial charge in [0.05, 0.1) is 45.1 Å². The van der Waals surface area contributed by atoms with Gasteiger partial charge in [-0.05, 0) is 74.4 Å². The van der Waals surface area contributed by atoms with Gasteiger partial charge in [0.1, 0.15) is 18.0 Å². The Balaban J connectivity index is 2.00. The molecule has 0 fully saturated rings. The minimum atomic E-state index is -4.17. The van der Waals surface area contributed by atoms with E-state index in [-0.39, 0.29) is 10.6 Å². The first kappa shape index (κ1) is 28.6. The number of methoxy groups -OCH3 is 4. The third kappa shape index (κ3) is 6.31. The number of rotatable bonds is 11. The molecular formula is C28H34N2O7S. The van der Waals surface area contributed by atoms with Crippen molar-refractivity contribution in [3.63, 3.8) is 0 Å². The highest BCUT2D eigenvalue weighted by Gasteiger charge is 2.29. The lowest BCUT2D eigenvalue weighted by molar-refractivity contribution is -0.120. The molecule has 0 saturated carbocycles. The van der Waals surface area contributed by atoms with Gasteiger partial charge in [-0.25, -0.2) is 8.42 Å². The van der Waals surface area contributed by atoms with E-state index in [1.165, 1.54) is 39.5 Å². The maximum Gasteiger partial charge on any atom is 0.264 e. The molecule has 0 aliphatic rings. The highest BCUT2D eigenvalue weighted by Crippen LogP contribution is 2.33. The van der Waals surface area contributed by atoms with Crippen LogP contribution in [0.3, 0.4) is 0 Å². The monoisotopic (exact) mass is 542 g/mol. The third-order valence-corrected chi connectivity index (χ3v) is 7.78. The number of sulfonamides is 1. The van der Waals surface area contributed by atoms with Crippen molar-refractivity contribution >= 4 is 21.6 Å². The lowest BCUT2D eigenvalue weighted by Gasteiger charge is -2.26. The predicted molar refractivity (Wildman–Crippen MR) is 146 cm³/mol. The lowest BCUT2D eigenvalue weighted by Crippen LogP contribution is -2.41. The lowest BCUT2D eigenvalue weighted by atomic mass is 10.1. The number of anilines is 1. The van der Waals surface area contributed by atoms with Crippen LogP contribution in [0.5, 0.6) is 23.0 Å². The molecule has 3 rings (SSSR count). The molecule has 1 amide bonds. The average molecular weight is 543 g/mol.